The Morgan fingerprint density at radius 2 is 2.33 bits per heavy atom. The van der Waals surface area contributed by atoms with E-state index >= 15 is 0 Å². The van der Waals surface area contributed by atoms with Gasteiger partial charge in [-0.2, -0.15) is 0 Å². The van der Waals surface area contributed by atoms with E-state index in [1.54, 1.807) is 13.3 Å². The van der Waals surface area contributed by atoms with Gasteiger partial charge in [0.25, 0.3) is 0 Å². The van der Waals surface area contributed by atoms with Crippen LogP contribution in [0.2, 0.25) is 0 Å². The lowest BCUT2D eigenvalue weighted by molar-refractivity contribution is 0.0968. The molecule has 1 aliphatic rings. The number of rotatable bonds is 6. The maximum absolute atomic E-state index is 12.8. The molecule has 2 atom stereocenters. The maximum Gasteiger partial charge on any atom is 0.163 e. The minimum absolute atomic E-state index is 0.178. The number of ether oxygens (including phenoxy) is 1. The van der Waals surface area contributed by atoms with Crippen molar-refractivity contribution in [2.24, 2.45) is 11.8 Å². The topological polar surface area (TPSA) is 51.2 Å². The number of nitrogens with one attached hydrogen (secondary N) is 1. The van der Waals surface area contributed by atoms with E-state index in [9.17, 15) is 4.79 Å². The van der Waals surface area contributed by atoms with Crippen LogP contribution in [0, 0.1) is 11.8 Å². The molecule has 0 unspecified atom stereocenters. The fourth-order valence-electron chi connectivity index (χ4n) is 3.52. The Morgan fingerprint density at radius 3 is 3.12 bits per heavy atom. The number of pyridine rings is 1. The quantitative estimate of drug-likeness (QED) is 0.651. The lowest BCUT2D eigenvalue weighted by Gasteiger charge is -2.29. The molecular weight excluding hydrogens is 300 g/mol. The van der Waals surface area contributed by atoms with Gasteiger partial charge in [0.15, 0.2) is 5.78 Å². The molecule has 2 heterocycles. The highest BCUT2D eigenvalue weighted by Crippen LogP contribution is 2.28. The standard InChI is InChI=1S/C20H24N2O2/c1-3-14-13-21-10-8-15(14)4-7-20(23)17-9-11-22-19-6-5-16(24-2)12-18(17)19/h3,5-6,9,11-12,14-15,21H,1,4,7-8,10,13H2,2H3/t14-,15+/m0/s1. The summed E-state index contributed by atoms with van der Waals surface area (Å²) in [5, 5.41) is 4.26. The zero-order valence-electron chi connectivity index (χ0n) is 14.1. The van der Waals surface area contributed by atoms with E-state index in [-0.39, 0.29) is 5.78 Å². The molecular formula is C20H24N2O2. The molecule has 0 radical (unpaired) electrons. The molecule has 0 aliphatic carbocycles. The molecule has 4 heteroatoms. The van der Waals surface area contributed by atoms with Gasteiger partial charge in [-0.05, 0) is 55.5 Å². The van der Waals surface area contributed by atoms with Gasteiger partial charge in [0, 0.05) is 30.1 Å². The molecule has 126 valence electrons. The minimum Gasteiger partial charge on any atom is -0.497 e. The largest absolute Gasteiger partial charge is 0.497 e. The molecule has 0 bridgehead atoms. The molecule has 0 spiro atoms. The Labute approximate surface area is 142 Å². The molecule has 0 amide bonds. The smallest absolute Gasteiger partial charge is 0.163 e. The Kier molecular flexibility index (Phi) is 5.26. The number of aromatic nitrogens is 1. The van der Waals surface area contributed by atoms with Crippen molar-refractivity contribution in [3.63, 3.8) is 0 Å². The van der Waals surface area contributed by atoms with Crippen molar-refractivity contribution in [1.29, 1.82) is 0 Å². The third-order valence-corrected chi connectivity index (χ3v) is 4.97. The zero-order valence-corrected chi connectivity index (χ0v) is 14.1. The van der Waals surface area contributed by atoms with Crippen molar-refractivity contribution in [3.8, 4) is 5.75 Å². The monoisotopic (exact) mass is 324 g/mol. The van der Waals surface area contributed by atoms with Crippen molar-refractivity contribution in [2.75, 3.05) is 20.2 Å². The van der Waals surface area contributed by atoms with Crippen LogP contribution in [0.1, 0.15) is 29.6 Å². The number of Topliss-reactive ketones (excluding diaryl/α,β-unsaturated/α-hetero) is 1. The van der Waals surface area contributed by atoms with Gasteiger partial charge in [-0.25, -0.2) is 0 Å². The number of hydrogen-bond donors (Lipinski definition) is 1. The van der Waals surface area contributed by atoms with Crippen molar-refractivity contribution in [2.45, 2.75) is 19.3 Å². The lowest BCUT2D eigenvalue weighted by atomic mass is 9.82. The molecule has 4 nitrogen and oxygen atoms in total. The molecule has 0 saturated carbocycles. The second-order valence-electron chi connectivity index (χ2n) is 6.36. The zero-order chi connectivity index (χ0) is 16.9. The Hall–Kier alpha value is -2.20. The normalized spacial score (nSPS) is 20.7. The number of hydrogen-bond acceptors (Lipinski definition) is 4. The van der Waals surface area contributed by atoms with Gasteiger partial charge in [0.1, 0.15) is 5.75 Å². The van der Waals surface area contributed by atoms with E-state index < -0.39 is 0 Å². The van der Waals surface area contributed by atoms with Crippen LogP contribution < -0.4 is 10.1 Å². The number of benzene rings is 1. The predicted octanol–water partition coefficient (Wildman–Crippen LogP) is 3.62. The number of nitrogens with zero attached hydrogens (tertiary/aromatic N) is 1. The van der Waals surface area contributed by atoms with E-state index in [1.807, 2.05) is 30.3 Å². The first-order valence-corrected chi connectivity index (χ1v) is 8.52. The summed E-state index contributed by atoms with van der Waals surface area (Å²) in [5.41, 5.74) is 1.57. The van der Waals surface area contributed by atoms with Crippen LogP contribution in [0.5, 0.6) is 5.75 Å². The van der Waals surface area contributed by atoms with Crippen molar-refractivity contribution in [3.05, 3.63) is 48.7 Å². The molecule has 1 aromatic carbocycles. The highest BCUT2D eigenvalue weighted by Gasteiger charge is 2.23. The SMILES string of the molecule is C=C[C@H]1CNCC[C@H]1CCC(=O)c1ccnc2ccc(OC)cc12. The molecule has 2 aromatic rings. The maximum atomic E-state index is 12.8. The Morgan fingerprint density at radius 1 is 1.46 bits per heavy atom. The fraction of sp³-hybridized carbons (Fsp3) is 0.400. The van der Waals surface area contributed by atoms with Gasteiger partial charge in [-0.15, -0.1) is 6.58 Å². The molecule has 1 N–H and O–H groups in total. The summed E-state index contributed by atoms with van der Waals surface area (Å²) in [5.74, 6) is 1.92. The average molecular weight is 324 g/mol. The van der Waals surface area contributed by atoms with E-state index in [0.717, 1.165) is 48.1 Å². The van der Waals surface area contributed by atoms with Crippen LogP contribution in [-0.2, 0) is 0 Å². The molecule has 1 aromatic heterocycles. The molecule has 1 fully saturated rings. The minimum atomic E-state index is 0.178. The van der Waals surface area contributed by atoms with Crippen LogP contribution >= 0.6 is 0 Å². The number of carbonyl (C=O) groups excluding carboxylic acids is 1. The van der Waals surface area contributed by atoms with Gasteiger partial charge < -0.3 is 10.1 Å². The fourth-order valence-corrected chi connectivity index (χ4v) is 3.52. The van der Waals surface area contributed by atoms with E-state index in [2.05, 4.69) is 16.9 Å². The third kappa shape index (κ3) is 3.49. The van der Waals surface area contributed by atoms with Gasteiger partial charge in [-0.3, -0.25) is 9.78 Å². The van der Waals surface area contributed by atoms with Crippen LogP contribution in [0.25, 0.3) is 10.9 Å². The van der Waals surface area contributed by atoms with Gasteiger partial charge in [0.2, 0.25) is 0 Å². The third-order valence-electron chi connectivity index (χ3n) is 4.97. The first-order valence-electron chi connectivity index (χ1n) is 8.52. The average Bonchev–Trinajstić information content (AvgIpc) is 2.65. The number of ketones is 1. The highest BCUT2D eigenvalue weighted by atomic mass is 16.5. The number of methoxy groups -OCH3 is 1. The lowest BCUT2D eigenvalue weighted by Crippen LogP contribution is -2.35. The summed E-state index contributed by atoms with van der Waals surface area (Å²) in [6.45, 7) is 5.93. The van der Waals surface area contributed by atoms with Crippen molar-refractivity contribution in [1.82, 2.24) is 10.3 Å². The van der Waals surface area contributed by atoms with Crippen LogP contribution in [0.15, 0.2) is 43.1 Å². The second kappa shape index (κ2) is 7.58. The summed E-state index contributed by atoms with van der Waals surface area (Å²) in [6, 6.07) is 7.48. The first kappa shape index (κ1) is 16.7. The van der Waals surface area contributed by atoms with Crippen LogP contribution in [0.3, 0.4) is 0 Å². The predicted molar refractivity (Wildman–Crippen MR) is 96.5 cm³/mol. The summed E-state index contributed by atoms with van der Waals surface area (Å²) >= 11 is 0. The Balaban J connectivity index is 1.77. The van der Waals surface area contributed by atoms with E-state index in [4.69, 9.17) is 4.74 Å². The molecule has 1 aliphatic heterocycles. The molecule has 24 heavy (non-hydrogen) atoms. The highest BCUT2D eigenvalue weighted by molar-refractivity contribution is 6.07. The number of fused-ring (bicyclic) bond motifs is 1. The van der Waals surface area contributed by atoms with Gasteiger partial charge in [-0.1, -0.05) is 6.08 Å². The van der Waals surface area contributed by atoms with Crippen molar-refractivity contribution >= 4 is 16.7 Å². The second-order valence-corrected chi connectivity index (χ2v) is 6.36. The van der Waals surface area contributed by atoms with E-state index in [0.29, 0.717) is 18.3 Å². The first-order chi connectivity index (χ1) is 11.7. The van der Waals surface area contributed by atoms with E-state index in [1.165, 1.54) is 0 Å². The number of carbonyl (C=O) groups is 1. The summed E-state index contributed by atoms with van der Waals surface area (Å²) in [4.78, 5) is 17.1. The van der Waals surface area contributed by atoms with Gasteiger partial charge >= 0.3 is 0 Å². The summed E-state index contributed by atoms with van der Waals surface area (Å²) in [6.07, 6.45) is 6.30. The van der Waals surface area contributed by atoms with Crippen LogP contribution in [0.4, 0.5) is 0 Å². The summed E-state index contributed by atoms with van der Waals surface area (Å²) in [7, 11) is 1.63. The summed E-state index contributed by atoms with van der Waals surface area (Å²) < 4.78 is 5.28. The van der Waals surface area contributed by atoms with Crippen molar-refractivity contribution < 1.29 is 9.53 Å². The molecule has 3 rings (SSSR count). The molecule has 1 saturated heterocycles. The number of piperidine rings is 1. The van der Waals surface area contributed by atoms with Crippen LogP contribution in [-0.4, -0.2) is 31.0 Å². The Bertz CT molecular complexity index is 741. The van der Waals surface area contributed by atoms with Gasteiger partial charge in [0.05, 0.1) is 12.6 Å².